The SMILES string of the molecule is CONC(=O)Nc1ccc(C[C@H](N)C(=O)O)cc1. The van der Waals surface area contributed by atoms with Crippen molar-refractivity contribution in [3.63, 3.8) is 0 Å². The third-order valence-corrected chi connectivity index (χ3v) is 2.18. The number of hydrogen-bond donors (Lipinski definition) is 4. The first-order valence-corrected chi connectivity index (χ1v) is 5.20. The van der Waals surface area contributed by atoms with Gasteiger partial charge in [-0.25, -0.2) is 10.3 Å². The van der Waals surface area contributed by atoms with Crippen LogP contribution in [0.1, 0.15) is 5.56 Å². The summed E-state index contributed by atoms with van der Waals surface area (Å²) in [6.45, 7) is 0. The number of nitrogens with two attached hydrogens (primary N) is 1. The van der Waals surface area contributed by atoms with Crippen LogP contribution in [0.3, 0.4) is 0 Å². The minimum absolute atomic E-state index is 0.236. The van der Waals surface area contributed by atoms with E-state index in [2.05, 4.69) is 15.6 Å². The zero-order valence-electron chi connectivity index (χ0n) is 9.84. The van der Waals surface area contributed by atoms with Crippen molar-refractivity contribution < 1.29 is 19.5 Å². The number of carbonyl (C=O) groups excluding carboxylic acids is 1. The molecule has 7 heteroatoms. The quantitative estimate of drug-likeness (QED) is 0.564. The number of hydrogen-bond acceptors (Lipinski definition) is 4. The second-order valence-electron chi connectivity index (χ2n) is 3.61. The summed E-state index contributed by atoms with van der Waals surface area (Å²) in [4.78, 5) is 26.1. The van der Waals surface area contributed by atoms with E-state index in [1.807, 2.05) is 0 Å². The number of carboxylic acid groups (broad SMARTS) is 1. The van der Waals surface area contributed by atoms with Gasteiger partial charge in [0.05, 0.1) is 7.11 Å². The lowest BCUT2D eigenvalue weighted by Crippen LogP contribution is -2.32. The van der Waals surface area contributed by atoms with Gasteiger partial charge < -0.3 is 16.2 Å². The Morgan fingerprint density at radius 1 is 1.39 bits per heavy atom. The molecule has 0 aliphatic rings. The molecule has 2 amide bonds. The van der Waals surface area contributed by atoms with Crippen LogP contribution in [0.4, 0.5) is 10.5 Å². The van der Waals surface area contributed by atoms with Crippen LogP contribution in [0.5, 0.6) is 0 Å². The molecule has 0 aliphatic carbocycles. The Morgan fingerprint density at radius 3 is 2.50 bits per heavy atom. The van der Waals surface area contributed by atoms with E-state index in [9.17, 15) is 9.59 Å². The van der Waals surface area contributed by atoms with E-state index in [1.165, 1.54) is 7.11 Å². The van der Waals surface area contributed by atoms with Gasteiger partial charge in [-0.2, -0.15) is 0 Å². The highest BCUT2D eigenvalue weighted by Crippen LogP contribution is 2.10. The molecule has 0 unspecified atom stereocenters. The lowest BCUT2D eigenvalue weighted by molar-refractivity contribution is -0.138. The molecule has 0 aliphatic heterocycles. The molecule has 7 nitrogen and oxygen atoms in total. The molecule has 0 saturated carbocycles. The molecule has 0 aromatic heterocycles. The molecule has 1 aromatic carbocycles. The molecule has 98 valence electrons. The first kappa shape index (κ1) is 13.9. The van der Waals surface area contributed by atoms with E-state index in [1.54, 1.807) is 24.3 Å². The van der Waals surface area contributed by atoms with Crippen LogP contribution in [0.2, 0.25) is 0 Å². The summed E-state index contributed by atoms with van der Waals surface area (Å²) >= 11 is 0. The Morgan fingerprint density at radius 2 is 2.00 bits per heavy atom. The van der Waals surface area contributed by atoms with Crippen molar-refractivity contribution in [2.75, 3.05) is 12.4 Å². The Bertz CT molecular complexity index is 419. The van der Waals surface area contributed by atoms with Gasteiger partial charge in [-0.05, 0) is 24.1 Å². The number of aliphatic carboxylic acids is 1. The molecule has 0 fully saturated rings. The number of nitrogens with one attached hydrogen (secondary N) is 2. The van der Waals surface area contributed by atoms with Gasteiger partial charge in [0.15, 0.2) is 0 Å². The van der Waals surface area contributed by atoms with E-state index < -0.39 is 18.0 Å². The number of carboxylic acids is 1. The van der Waals surface area contributed by atoms with Crippen molar-refractivity contribution in [1.82, 2.24) is 5.48 Å². The van der Waals surface area contributed by atoms with Crippen molar-refractivity contribution in [2.24, 2.45) is 5.73 Å². The monoisotopic (exact) mass is 253 g/mol. The lowest BCUT2D eigenvalue weighted by Gasteiger charge is -2.08. The number of hydroxylamine groups is 1. The third kappa shape index (κ3) is 4.40. The molecule has 1 aromatic rings. The molecular weight excluding hydrogens is 238 g/mol. The Hall–Kier alpha value is -2.12. The van der Waals surface area contributed by atoms with Gasteiger partial charge in [0, 0.05) is 5.69 Å². The maximum Gasteiger partial charge on any atom is 0.343 e. The second kappa shape index (κ2) is 6.58. The number of carbonyl (C=O) groups is 2. The van der Waals surface area contributed by atoms with Crippen molar-refractivity contribution in [2.45, 2.75) is 12.5 Å². The molecule has 0 bridgehead atoms. The number of urea groups is 1. The molecule has 1 atom stereocenters. The molecule has 1 rings (SSSR count). The van der Waals surface area contributed by atoms with E-state index >= 15 is 0 Å². The highest BCUT2D eigenvalue weighted by Gasteiger charge is 2.11. The Balaban J connectivity index is 2.57. The van der Waals surface area contributed by atoms with E-state index in [-0.39, 0.29) is 6.42 Å². The van der Waals surface area contributed by atoms with Gasteiger partial charge in [-0.3, -0.25) is 9.63 Å². The van der Waals surface area contributed by atoms with Crippen molar-refractivity contribution in [1.29, 1.82) is 0 Å². The van der Waals surface area contributed by atoms with Crippen LogP contribution >= 0.6 is 0 Å². The summed E-state index contributed by atoms with van der Waals surface area (Å²) in [7, 11) is 1.33. The fraction of sp³-hybridized carbons (Fsp3) is 0.273. The van der Waals surface area contributed by atoms with Crippen molar-refractivity contribution in [3.8, 4) is 0 Å². The first-order valence-electron chi connectivity index (χ1n) is 5.20. The zero-order valence-corrected chi connectivity index (χ0v) is 9.84. The van der Waals surface area contributed by atoms with Gasteiger partial charge in [-0.1, -0.05) is 12.1 Å². The molecule has 0 saturated heterocycles. The maximum atomic E-state index is 11.1. The normalized spacial score (nSPS) is 11.7. The average molecular weight is 253 g/mol. The summed E-state index contributed by atoms with van der Waals surface area (Å²) in [6, 6.07) is 5.28. The number of anilines is 1. The zero-order chi connectivity index (χ0) is 13.5. The van der Waals surface area contributed by atoms with E-state index in [4.69, 9.17) is 10.8 Å². The predicted octanol–water partition coefficient (Wildman–Crippen LogP) is 0.324. The Labute approximate surface area is 104 Å². The predicted molar refractivity (Wildman–Crippen MR) is 64.9 cm³/mol. The van der Waals surface area contributed by atoms with Crippen molar-refractivity contribution in [3.05, 3.63) is 29.8 Å². The van der Waals surface area contributed by atoms with Gasteiger partial charge in [-0.15, -0.1) is 0 Å². The molecule has 0 spiro atoms. The summed E-state index contributed by atoms with van der Waals surface area (Å²) in [5.41, 5.74) is 8.87. The summed E-state index contributed by atoms with van der Waals surface area (Å²) in [5, 5.41) is 11.2. The molecule has 0 radical (unpaired) electrons. The third-order valence-electron chi connectivity index (χ3n) is 2.18. The molecule has 0 heterocycles. The van der Waals surface area contributed by atoms with E-state index in [0.29, 0.717) is 5.69 Å². The van der Waals surface area contributed by atoms with Crippen LogP contribution in [-0.4, -0.2) is 30.3 Å². The summed E-state index contributed by atoms with van der Waals surface area (Å²) in [6.07, 6.45) is 0.236. The van der Waals surface area contributed by atoms with Gasteiger partial charge in [0.25, 0.3) is 0 Å². The average Bonchev–Trinajstić information content (AvgIpc) is 2.31. The molecule has 5 N–H and O–H groups in total. The van der Waals surface area contributed by atoms with E-state index in [0.717, 1.165) is 5.56 Å². The van der Waals surface area contributed by atoms with Crippen LogP contribution < -0.4 is 16.5 Å². The molecular formula is C11H15N3O4. The minimum Gasteiger partial charge on any atom is -0.480 e. The summed E-state index contributed by atoms with van der Waals surface area (Å²) < 4.78 is 0. The standard InChI is InChI=1S/C11H15N3O4/c1-18-14-11(17)13-8-4-2-7(3-5-8)6-9(12)10(15)16/h2-5,9H,6,12H2,1H3,(H,15,16)(H2,13,14,17)/t9-/m0/s1. The summed E-state index contributed by atoms with van der Waals surface area (Å²) in [5.74, 6) is -1.04. The lowest BCUT2D eigenvalue weighted by atomic mass is 10.1. The van der Waals surface area contributed by atoms with Gasteiger partial charge in [0.2, 0.25) is 0 Å². The van der Waals surface area contributed by atoms with Crippen LogP contribution in [0.25, 0.3) is 0 Å². The second-order valence-corrected chi connectivity index (χ2v) is 3.61. The highest BCUT2D eigenvalue weighted by atomic mass is 16.6. The van der Waals surface area contributed by atoms with Crippen LogP contribution in [0, 0.1) is 0 Å². The number of rotatable bonds is 5. The maximum absolute atomic E-state index is 11.1. The van der Waals surface area contributed by atoms with Gasteiger partial charge in [0.1, 0.15) is 6.04 Å². The highest BCUT2D eigenvalue weighted by molar-refractivity contribution is 5.88. The fourth-order valence-electron chi connectivity index (χ4n) is 1.31. The topological polar surface area (TPSA) is 114 Å². The van der Waals surface area contributed by atoms with Crippen LogP contribution in [-0.2, 0) is 16.1 Å². The van der Waals surface area contributed by atoms with Gasteiger partial charge >= 0.3 is 12.0 Å². The number of benzene rings is 1. The molecule has 18 heavy (non-hydrogen) atoms. The number of amides is 2. The fourth-order valence-corrected chi connectivity index (χ4v) is 1.31. The minimum atomic E-state index is -1.04. The first-order chi connectivity index (χ1) is 8.52. The van der Waals surface area contributed by atoms with Crippen molar-refractivity contribution >= 4 is 17.7 Å². The smallest absolute Gasteiger partial charge is 0.343 e. The Kier molecular flexibility index (Phi) is 5.09. The largest absolute Gasteiger partial charge is 0.480 e. The van der Waals surface area contributed by atoms with Crippen LogP contribution in [0.15, 0.2) is 24.3 Å².